The second-order valence-corrected chi connectivity index (χ2v) is 5.30. The molecule has 3 rings (SSSR count). The molecule has 1 fully saturated rings. The number of hydrogen-bond donors (Lipinski definition) is 2. The number of benzene rings is 1. The van der Waals surface area contributed by atoms with Crippen molar-refractivity contribution in [2.75, 3.05) is 13.2 Å². The maximum Gasteiger partial charge on any atom is 0.249 e. The van der Waals surface area contributed by atoms with Gasteiger partial charge in [0.1, 0.15) is 11.9 Å². The summed E-state index contributed by atoms with van der Waals surface area (Å²) < 4.78 is 11.2. The summed E-state index contributed by atoms with van der Waals surface area (Å²) in [7, 11) is 0. The van der Waals surface area contributed by atoms with Crippen LogP contribution in [0, 0.1) is 0 Å². The second kappa shape index (κ2) is 5.81. The molecule has 5 nitrogen and oxygen atoms in total. The molecule has 20 heavy (non-hydrogen) atoms. The van der Waals surface area contributed by atoms with Gasteiger partial charge in [-0.15, -0.1) is 0 Å². The molecular weight excluding hydrogens is 256 g/mol. The summed E-state index contributed by atoms with van der Waals surface area (Å²) in [6.07, 6.45) is 2.05. The Hall–Kier alpha value is -1.59. The average Bonchev–Trinajstić information content (AvgIpc) is 2.97. The first kappa shape index (κ1) is 13.4. The molecule has 0 aliphatic carbocycles. The van der Waals surface area contributed by atoms with Crippen LogP contribution in [0.15, 0.2) is 24.3 Å². The SMILES string of the molecule is NCC1CCC(C(=O)NC2CCOc3ccccc32)O1. The molecule has 0 saturated carbocycles. The number of nitrogens with one attached hydrogen (secondary N) is 1. The van der Waals surface area contributed by atoms with Crippen molar-refractivity contribution >= 4 is 5.91 Å². The van der Waals surface area contributed by atoms with Gasteiger partial charge in [0, 0.05) is 18.5 Å². The Morgan fingerprint density at radius 2 is 2.15 bits per heavy atom. The molecule has 108 valence electrons. The molecule has 1 aromatic carbocycles. The van der Waals surface area contributed by atoms with E-state index in [1.54, 1.807) is 0 Å². The van der Waals surface area contributed by atoms with Crippen LogP contribution in [0.4, 0.5) is 0 Å². The van der Waals surface area contributed by atoms with Crippen molar-refractivity contribution in [2.24, 2.45) is 5.73 Å². The summed E-state index contributed by atoms with van der Waals surface area (Å²) in [5.74, 6) is 0.818. The third-order valence-corrected chi connectivity index (χ3v) is 3.94. The molecule has 1 saturated heterocycles. The smallest absolute Gasteiger partial charge is 0.249 e. The zero-order valence-electron chi connectivity index (χ0n) is 11.4. The molecule has 3 atom stereocenters. The van der Waals surface area contributed by atoms with E-state index in [1.165, 1.54) is 0 Å². The fourth-order valence-corrected chi connectivity index (χ4v) is 2.83. The maximum absolute atomic E-state index is 12.3. The normalized spacial score (nSPS) is 28.6. The summed E-state index contributed by atoms with van der Waals surface area (Å²) in [5.41, 5.74) is 6.61. The minimum Gasteiger partial charge on any atom is -0.493 e. The maximum atomic E-state index is 12.3. The molecule has 0 aromatic heterocycles. The van der Waals surface area contributed by atoms with Crippen LogP contribution in [-0.4, -0.2) is 31.3 Å². The van der Waals surface area contributed by atoms with Gasteiger partial charge >= 0.3 is 0 Å². The molecule has 5 heteroatoms. The predicted octanol–water partition coefficient (Wildman–Crippen LogP) is 1.13. The number of ether oxygens (including phenoxy) is 2. The largest absolute Gasteiger partial charge is 0.493 e. The minimum atomic E-state index is -0.362. The van der Waals surface area contributed by atoms with Crippen molar-refractivity contribution in [1.82, 2.24) is 5.32 Å². The summed E-state index contributed by atoms with van der Waals surface area (Å²) in [5, 5.41) is 3.08. The summed E-state index contributed by atoms with van der Waals surface area (Å²) in [4.78, 5) is 12.3. The van der Waals surface area contributed by atoms with Crippen LogP contribution in [0.3, 0.4) is 0 Å². The average molecular weight is 276 g/mol. The first-order chi connectivity index (χ1) is 9.78. The summed E-state index contributed by atoms with van der Waals surface area (Å²) in [6, 6.07) is 7.84. The van der Waals surface area contributed by atoms with Gasteiger partial charge in [0.15, 0.2) is 0 Å². The van der Waals surface area contributed by atoms with E-state index in [0.29, 0.717) is 13.2 Å². The van der Waals surface area contributed by atoms with E-state index in [0.717, 1.165) is 30.6 Å². The Morgan fingerprint density at radius 1 is 1.30 bits per heavy atom. The fourth-order valence-electron chi connectivity index (χ4n) is 2.83. The van der Waals surface area contributed by atoms with Crippen LogP contribution in [-0.2, 0) is 9.53 Å². The Morgan fingerprint density at radius 3 is 2.95 bits per heavy atom. The molecule has 1 aromatic rings. The summed E-state index contributed by atoms with van der Waals surface area (Å²) in [6.45, 7) is 1.10. The van der Waals surface area contributed by atoms with E-state index in [2.05, 4.69) is 5.32 Å². The Kier molecular flexibility index (Phi) is 3.89. The lowest BCUT2D eigenvalue weighted by atomic mass is 10.00. The van der Waals surface area contributed by atoms with Gasteiger partial charge in [-0.1, -0.05) is 18.2 Å². The zero-order valence-corrected chi connectivity index (χ0v) is 11.4. The standard InChI is InChI=1S/C15H20N2O3/c16-9-10-5-6-14(20-10)15(18)17-12-7-8-19-13-4-2-1-3-11(12)13/h1-4,10,12,14H,5-9,16H2,(H,17,18). The third kappa shape index (κ3) is 2.64. The second-order valence-electron chi connectivity index (χ2n) is 5.30. The van der Waals surface area contributed by atoms with Crippen LogP contribution in [0.5, 0.6) is 5.75 Å². The Labute approximate surface area is 118 Å². The van der Waals surface area contributed by atoms with Gasteiger partial charge in [-0.25, -0.2) is 0 Å². The van der Waals surface area contributed by atoms with E-state index in [4.69, 9.17) is 15.2 Å². The highest BCUT2D eigenvalue weighted by Gasteiger charge is 2.32. The summed E-state index contributed by atoms with van der Waals surface area (Å²) >= 11 is 0. The van der Waals surface area contributed by atoms with Gasteiger partial charge in [0.2, 0.25) is 5.91 Å². The number of rotatable bonds is 3. The molecule has 3 N–H and O–H groups in total. The molecule has 2 aliphatic heterocycles. The van der Waals surface area contributed by atoms with Crippen molar-refractivity contribution in [3.05, 3.63) is 29.8 Å². The van der Waals surface area contributed by atoms with Gasteiger partial charge in [-0.05, 0) is 18.9 Å². The van der Waals surface area contributed by atoms with Crippen LogP contribution in [0.1, 0.15) is 30.9 Å². The first-order valence-corrected chi connectivity index (χ1v) is 7.15. The number of nitrogens with two attached hydrogens (primary N) is 1. The Bertz CT molecular complexity index is 492. The minimum absolute atomic E-state index is 0.00739. The lowest BCUT2D eigenvalue weighted by Gasteiger charge is -2.27. The molecule has 2 heterocycles. The molecule has 0 spiro atoms. The highest BCUT2D eigenvalue weighted by Crippen LogP contribution is 2.32. The number of amides is 1. The van der Waals surface area contributed by atoms with Crippen molar-refractivity contribution in [2.45, 2.75) is 37.5 Å². The quantitative estimate of drug-likeness (QED) is 0.868. The van der Waals surface area contributed by atoms with Crippen LogP contribution >= 0.6 is 0 Å². The highest BCUT2D eigenvalue weighted by molar-refractivity contribution is 5.81. The monoisotopic (exact) mass is 276 g/mol. The first-order valence-electron chi connectivity index (χ1n) is 7.15. The van der Waals surface area contributed by atoms with Gasteiger partial charge < -0.3 is 20.5 Å². The highest BCUT2D eigenvalue weighted by atomic mass is 16.5. The lowest BCUT2D eigenvalue weighted by Crippen LogP contribution is -2.39. The van der Waals surface area contributed by atoms with E-state index >= 15 is 0 Å². The molecule has 0 bridgehead atoms. The predicted molar refractivity (Wildman–Crippen MR) is 74.4 cm³/mol. The van der Waals surface area contributed by atoms with Crippen molar-refractivity contribution in [3.63, 3.8) is 0 Å². The van der Waals surface area contributed by atoms with E-state index in [9.17, 15) is 4.79 Å². The molecule has 1 amide bonds. The fraction of sp³-hybridized carbons (Fsp3) is 0.533. The Balaban J connectivity index is 1.65. The van der Waals surface area contributed by atoms with Crippen molar-refractivity contribution in [3.8, 4) is 5.75 Å². The number of carbonyl (C=O) groups excluding carboxylic acids is 1. The number of hydrogen-bond acceptors (Lipinski definition) is 4. The van der Waals surface area contributed by atoms with Crippen molar-refractivity contribution < 1.29 is 14.3 Å². The van der Waals surface area contributed by atoms with Gasteiger partial charge in [0.25, 0.3) is 0 Å². The van der Waals surface area contributed by atoms with Crippen molar-refractivity contribution in [1.29, 1.82) is 0 Å². The van der Waals surface area contributed by atoms with Crippen LogP contribution < -0.4 is 15.8 Å². The number of carbonyl (C=O) groups is 1. The molecule has 3 unspecified atom stereocenters. The molecular formula is C15H20N2O3. The zero-order chi connectivity index (χ0) is 13.9. The van der Waals surface area contributed by atoms with Gasteiger partial charge in [-0.3, -0.25) is 4.79 Å². The van der Waals surface area contributed by atoms with Crippen LogP contribution in [0.25, 0.3) is 0 Å². The number of para-hydroxylation sites is 1. The number of fused-ring (bicyclic) bond motifs is 1. The third-order valence-electron chi connectivity index (χ3n) is 3.94. The van der Waals surface area contributed by atoms with E-state index in [1.807, 2.05) is 24.3 Å². The van der Waals surface area contributed by atoms with Crippen LogP contribution in [0.2, 0.25) is 0 Å². The van der Waals surface area contributed by atoms with E-state index < -0.39 is 0 Å². The molecule has 2 aliphatic rings. The topological polar surface area (TPSA) is 73.6 Å². The lowest BCUT2D eigenvalue weighted by molar-refractivity contribution is -0.132. The van der Waals surface area contributed by atoms with Gasteiger partial charge in [-0.2, -0.15) is 0 Å². The molecule has 0 radical (unpaired) electrons. The van der Waals surface area contributed by atoms with E-state index in [-0.39, 0.29) is 24.2 Å². The van der Waals surface area contributed by atoms with Gasteiger partial charge in [0.05, 0.1) is 18.8 Å².